The lowest BCUT2D eigenvalue weighted by molar-refractivity contribution is 0.244. The summed E-state index contributed by atoms with van der Waals surface area (Å²) in [6.45, 7) is 1.87. The molecule has 2 amide bonds. The molecule has 0 radical (unpaired) electrons. The molecule has 1 aromatic heterocycles. The van der Waals surface area contributed by atoms with Crippen LogP contribution in [-0.4, -0.2) is 22.4 Å². The summed E-state index contributed by atoms with van der Waals surface area (Å²) in [5, 5.41) is 7.21. The van der Waals surface area contributed by atoms with E-state index in [0.717, 1.165) is 16.1 Å². The SMILES string of the molecule is CSc1ccc(N2C(=O)NC(c3ccccc3)C(c3nc(-c4ccc(F)cc4)no3)=C2C)cc1. The highest BCUT2D eigenvalue weighted by Gasteiger charge is 2.36. The lowest BCUT2D eigenvalue weighted by Gasteiger charge is -2.35. The van der Waals surface area contributed by atoms with E-state index in [1.165, 1.54) is 12.1 Å². The van der Waals surface area contributed by atoms with Crippen LogP contribution in [0.2, 0.25) is 0 Å². The molecule has 0 aliphatic carbocycles. The molecule has 1 aliphatic rings. The van der Waals surface area contributed by atoms with Crippen LogP contribution in [-0.2, 0) is 0 Å². The van der Waals surface area contributed by atoms with Crippen LogP contribution in [0.15, 0.2) is 94.0 Å². The molecule has 34 heavy (non-hydrogen) atoms. The van der Waals surface area contributed by atoms with Crippen molar-refractivity contribution in [2.75, 3.05) is 11.2 Å². The molecule has 8 heteroatoms. The third-order valence-electron chi connectivity index (χ3n) is 5.71. The molecular formula is C26H21FN4O2S. The number of carbonyl (C=O) groups is 1. The number of thioether (sulfide) groups is 1. The normalized spacial score (nSPS) is 16.0. The summed E-state index contributed by atoms with van der Waals surface area (Å²) < 4.78 is 19.0. The van der Waals surface area contributed by atoms with Crippen molar-refractivity contribution >= 4 is 29.1 Å². The first-order chi connectivity index (χ1) is 16.5. The third kappa shape index (κ3) is 4.08. The van der Waals surface area contributed by atoms with Gasteiger partial charge in [-0.25, -0.2) is 9.18 Å². The maximum atomic E-state index is 13.4. The van der Waals surface area contributed by atoms with Gasteiger partial charge in [0.25, 0.3) is 5.89 Å². The van der Waals surface area contributed by atoms with E-state index >= 15 is 0 Å². The summed E-state index contributed by atoms with van der Waals surface area (Å²) in [6.07, 6.45) is 2.00. The number of nitrogens with one attached hydrogen (secondary N) is 1. The smallest absolute Gasteiger partial charge is 0.326 e. The Morgan fingerprint density at radius 1 is 1.00 bits per heavy atom. The van der Waals surface area contributed by atoms with Crippen molar-refractivity contribution in [1.82, 2.24) is 15.5 Å². The molecule has 170 valence electrons. The standard InChI is InChI=1S/C26H21FN4O2S/c1-16-22(25-29-24(30-33-25)18-8-10-19(27)11-9-18)23(17-6-4-3-5-7-17)28-26(32)31(16)20-12-14-21(34-2)15-13-20/h3-15,23H,1-2H3,(H,28,32). The van der Waals surface area contributed by atoms with Gasteiger partial charge in [-0.05, 0) is 67.3 Å². The van der Waals surface area contributed by atoms with Gasteiger partial charge in [-0.1, -0.05) is 35.5 Å². The average Bonchev–Trinajstić information content (AvgIpc) is 3.35. The van der Waals surface area contributed by atoms with Crippen LogP contribution in [0, 0.1) is 5.82 Å². The van der Waals surface area contributed by atoms with Crippen LogP contribution in [0.3, 0.4) is 0 Å². The van der Waals surface area contributed by atoms with Gasteiger partial charge in [-0.15, -0.1) is 11.8 Å². The fourth-order valence-electron chi connectivity index (χ4n) is 4.01. The minimum Gasteiger partial charge on any atom is -0.334 e. The number of amides is 2. The molecule has 1 atom stereocenters. The Hall–Kier alpha value is -3.91. The Morgan fingerprint density at radius 3 is 2.38 bits per heavy atom. The van der Waals surface area contributed by atoms with Gasteiger partial charge < -0.3 is 9.84 Å². The van der Waals surface area contributed by atoms with Gasteiger partial charge in [0.1, 0.15) is 5.82 Å². The number of halogens is 1. The number of benzene rings is 3. The Morgan fingerprint density at radius 2 is 1.71 bits per heavy atom. The van der Waals surface area contributed by atoms with Crippen molar-refractivity contribution < 1.29 is 13.7 Å². The molecule has 0 saturated carbocycles. The zero-order valence-corrected chi connectivity index (χ0v) is 19.3. The monoisotopic (exact) mass is 472 g/mol. The Bertz CT molecular complexity index is 1350. The van der Waals surface area contributed by atoms with Crippen molar-refractivity contribution in [3.63, 3.8) is 0 Å². The fraction of sp³-hybridized carbons (Fsp3) is 0.115. The summed E-state index contributed by atoms with van der Waals surface area (Å²) >= 11 is 1.63. The minimum absolute atomic E-state index is 0.245. The Kier molecular flexibility index (Phi) is 5.90. The Labute approximate surface area is 200 Å². The van der Waals surface area contributed by atoms with E-state index in [2.05, 4.69) is 15.5 Å². The predicted molar refractivity (Wildman–Crippen MR) is 131 cm³/mol. The largest absolute Gasteiger partial charge is 0.334 e. The highest BCUT2D eigenvalue weighted by Crippen LogP contribution is 2.39. The lowest BCUT2D eigenvalue weighted by Crippen LogP contribution is -2.46. The molecule has 4 aromatic rings. The molecule has 0 bridgehead atoms. The van der Waals surface area contributed by atoms with Crippen LogP contribution in [0.25, 0.3) is 17.0 Å². The molecule has 2 heterocycles. The number of aromatic nitrogens is 2. The summed E-state index contributed by atoms with van der Waals surface area (Å²) in [7, 11) is 0. The minimum atomic E-state index is -0.475. The van der Waals surface area contributed by atoms with Crippen LogP contribution >= 0.6 is 11.8 Å². The zero-order valence-electron chi connectivity index (χ0n) is 18.5. The number of rotatable bonds is 5. The number of allylic oxidation sites excluding steroid dienone is 1. The van der Waals surface area contributed by atoms with E-state index in [1.807, 2.05) is 67.8 Å². The van der Waals surface area contributed by atoms with Crippen molar-refractivity contribution in [2.45, 2.75) is 17.9 Å². The molecule has 6 nitrogen and oxygen atoms in total. The predicted octanol–water partition coefficient (Wildman–Crippen LogP) is 6.30. The maximum Gasteiger partial charge on any atom is 0.326 e. The summed E-state index contributed by atoms with van der Waals surface area (Å²) in [4.78, 5) is 20.6. The Balaban J connectivity index is 1.63. The van der Waals surface area contributed by atoms with Crippen LogP contribution in [0.5, 0.6) is 0 Å². The maximum absolute atomic E-state index is 13.4. The second-order valence-electron chi connectivity index (χ2n) is 7.76. The summed E-state index contributed by atoms with van der Waals surface area (Å²) in [5.74, 6) is 0.291. The molecule has 3 aromatic carbocycles. The van der Waals surface area contributed by atoms with E-state index in [4.69, 9.17) is 4.52 Å². The van der Waals surface area contributed by atoms with Crippen LogP contribution in [0.4, 0.5) is 14.9 Å². The molecular weight excluding hydrogens is 451 g/mol. The van der Waals surface area contributed by atoms with Crippen molar-refractivity contribution in [2.24, 2.45) is 0 Å². The number of hydrogen-bond donors (Lipinski definition) is 1. The quantitative estimate of drug-likeness (QED) is 0.345. The van der Waals surface area contributed by atoms with Gasteiger partial charge in [-0.2, -0.15) is 4.98 Å². The van der Waals surface area contributed by atoms with Gasteiger partial charge in [-0.3, -0.25) is 4.90 Å². The van der Waals surface area contributed by atoms with Gasteiger partial charge in [0.2, 0.25) is 5.82 Å². The van der Waals surface area contributed by atoms with Crippen molar-refractivity contribution in [3.05, 3.63) is 102 Å². The molecule has 0 fully saturated rings. The summed E-state index contributed by atoms with van der Waals surface area (Å²) in [5.41, 5.74) is 3.64. The second kappa shape index (κ2) is 9.15. The van der Waals surface area contributed by atoms with Gasteiger partial charge in [0.15, 0.2) is 0 Å². The highest BCUT2D eigenvalue weighted by atomic mass is 32.2. The average molecular weight is 473 g/mol. The van der Waals surface area contributed by atoms with Crippen molar-refractivity contribution in [1.29, 1.82) is 0 Å². The first-order valence-corrected chi connectivity index (χ1v) is 11.9. The topological polar surface area (TPSA) is 71.3 Å². The van der Waals surface area contributed by atoms with Crippen molar-refractivity contribution in [3.8, 4) is 11.4 Å². The van der Waals surface area contributed by atoms with Gasteiger partial charge >= 0.3 is 6.03 Å². The fourth-order valence-corrected chi connectivity index (χ4v) is 4.42. The molecule has 1 N–H and O–H groups in total. The molecule has 1 aliphatic heterocycles. The number of anilines is 1. The van der Waals surface area contributed by atoms with E-state index in [1.54, 1.807) is 28.8 Å². The molecule has 1 unspecified atom stereocenters. The second-order valence-corrected chi connectivity index (χ2v) is 8.64. The summed E-state index contributed by atoms with van der Waals surface area (Å²) in [6, 6.07) is 22.6. The highest BCUT2D eigenvalue weighted by molar-refractivity contribution is 7.98. The zero-order chi connectivity index (χ0) is 23.7. The number of nitrogens with zero attached hydrogens (tertiary/aromatic N) is 3. The van der Waals surface area contributed by atoms with E-state index in [9.17, 15) is 9.18 Å². The molecule has 0 spiro atoms. The van der Waals surface area contributed by atoms with Crippen LogP contribution in [0.1, 0.15) is 24.4 Å². The van der Waals surface area contributed by atoms with Gasteiger partial charge in [0, 0.05) is 16.2 Å². The first-order valence-electron chi connectivity index (χ1n) is 10.7. The van der Waals surface area contributed by atoms with E-state index in [0.29, 0.717) is 22.7 Å². The molecule has 5 rings (SSSR count). The first kappa shape index (κ1) is 21.9. The lowest BCUT2D eigenvalue weighted by atomic mass is 9.94. The number of urea groups is 1. The van der Waals surface area contributed by atoms with Crippen LogP contribution < -0.4 is 10.2 Å². The van der Waals surface area contributed by atoms with Gasteiger partial charge in [0.05, 0.1) is 17.3 Å². The van der Waals surface area contributed by atoms with E-state index in [-0.39, 0.29) is 17.7 Å². The number of carbonyl (C=O) groups excluding carboxylic acids is 1. The molecule has 0 saturated heterocycles. The third-order valence-corrected chi connectivity index (χ3v) is 6.45. The number of hydrogen-bond acceptors (Lipinski definition) is 5. The van der Waals surface area contributed by atoms with E-state index < -0.39 is 6.04 Å².